The van der Waals surface area contributed by atoms with Crippen molar-refractivity contribution in [3.8, 4) is 0 Å². The molecular weight excluding hydrogens is 280 g/mol. The molecule has 2 atom stereocenters. The predicted octanol–water partition coefficient (Wildman–Crippen LogP) is 1.39. The maximum atomic E-state index is 11.9. The van der Waals surface area contributed by atoms with E-state index < -0.39 is 11.9 Å². The van der Waals surface area contributed by atoms with E-state index in [1.165, 1.54) is 18.7 Å². The van der Waals surface area contributed by atoms with Gasteiger partial charge < -0.3 is 4.74 Å². The van der Waals surface area contributed by atoms with Gasteiger partial charge in [0.05, 0.1) is 6.04 Å². The van der Waals surface area contributed by atoms with Crippen LogP contribution in [0.15, 0.2) is 0 Å². The minimum absolute atomic E-state index is 0.135. The van der Waals surface area contributed by atoms with E-state index in [0.29, 0.717) is 5.25 Å². The number of hydrogen-bond acceptors (Lipinski definition) is 5. The standard InChI is InChI=1S/C13H22N2O4S/c1-9(16)14-13(18)15(10(2)17)11-7-12(20-8-11)5-4-6-19-3/h11-12H,4-8H2,1-3H3,(H,14,16,18)/t11-,12+/m1/s1. The van der Waals surface area contributed by atoms with Crippen molar-refractivity contribution >= 4 is 29.6 Å². The third-order valence-corrected chi connectivity index (χ3v) is 4.62. The third-order valence-electron chi connectivity index (χ3n) is 3.14. The van der Waals surface area contributed by atoms with Crippen LogP contribution >= 0.6 is 11.8 Å². The zero-order valence-electron chi connectivity index (χ0n) is 12.2. The van der Waals surface area contributed by atoms with Gasteiger partial charge in [0.25, 0.3) is 0 Å². The molecule has 1 rings (SSSR count). The van der Waals surface area contributed by atoms with E-state index in [-0.39, 0.29) is 11.9 Å². The summed E-state index contributed by atoms with van der Waals surface area (Å²) in [4.78, 5) is 35.7. The van der Waals surface area contributed by atoms with E-state index in [9.17, 15) is 14.4 Å². The first-order valence-electron chi connectivity index (χ1n) is 6.67. The molecule has 1 heterocycles. The Labute approximate surface area is 123 Å². The van der Waals surface area contributed by atoms with Gasteiger partial charge in [-0.1, -0.05) is 0 Å². The molecule has 7 heteroatoms. The maximum Gasteiger partial charge on any atom is 0.331 e. The number of urea groups is 1. The maximum absolute atomic E-state index is 11.9. The Kier molecular flexibility index (Phi) is 7.01. The lowest BCUT2D eigenvalue weighted by Gasteiger charge is -2.25. The van der Waals surface area contributed by atoms with Crippen LogP contribution < -0.4 is 5.32 Å². The lowest BCUT2D eigenvalue weighted by Crippen LogP contribution is -2.50. The molecule has 0 aromatic rings. The van der Waals surface area contributed by atoms with Gasteiger partial charge in [-0.05, 0) is 19.3 Å². The molecule has 1 aliphatic heterocycles. The fourth-order valence-electron chi connectivity index (χ4n) is 2.30. The summed E-state index contributed by atoms with van der Waals surface area (Å²) in [6.45, 7) is 3.33. The molecule has 1 fully saturated rings. The van der Waals surface area contributed by atoms with Crippen LogP contribution in [-0.2, 0) is 14.3 Å². The van der Waals surface area contributed by atoms with Gasteiger partial charge >= 0.3 is 6.03 Å². The summed E-state index contributed by atoms with van der Waals surface area (Å²) in [6.07, 6.45) is 2.76. The first-order chi connectivity index (χ1) is 9.45. The molecule has 0 aromatic heterocycles. The summed E-state index contributed by atoms with van der Waals surface area (Å²) in [7, 11) is 1.67. The zero-order chi connectivity index (χ0) is 15.1. The number of rotatable bonds is 5. The van der Waals surface area contributed by atoms with Gasteiger partial charge in [0.1, 0.15) is 0 Å². The average molecular weight is 302 g/mol. The van der Waals surface area contributed by atoms with Crippen LogP contribution in [-0.4, -0.2) is 53.5 Å². The molecule has 0 bridgehead atoms. The fourth-order valence-corrected chi connectivity index (χ4v) is 3.77. The smallest absolute Gasteiger partial charge is 0.331 e. The third kappa shape index (κ3) is 5.13. The second kappa shape index (κ2) is 8.26. The number of nitrogens with zero attached hydrogens (tertiary/aromatic N) is 1. The summed E-state index contributed by atoms with van der Waals surface area (Å²) < 4.78 is 5.02. The van der Waals surface area contributed by atoms with Crippen LogP contribution in [0.5, 0.6) is 0 Å². The highest BCUT2D eigenvalue weighted by Crippen LogP contribution is 2.33. The summed E-state index contributed by atoms with van der Waals surface area (Å²) in [6, 6.07) is -0.752. The van der Waals surface area contributed by atoms with Crippen molar-refractivity contribution in [2.45, 2.75) is 44.4 Å². The number of ether oxygens (including phenoxy) is 1. The van der Waals surface area contributed by atoms with E-state index in [4.69, 9.17) is 4.74 Å². The van der Waals surface area contributed by atoms with Crippen molar-refractivity contribution in [3.63, 3.8) is 0 Å². The SMILES string of the molecule is COCCC[C@H]1C[C@@H](N(C(C)=O)C(=O)NC(C)=O)CS1. The Morgan fingerprint density at radius 2 is 2.05 bits per heavy atom. The van der Waals surface area contributed by atoms with Crippen LogP contribution in [0.3, 0.4) is 0 Å². The molecule has 0 radical (unpaired) electrons. The molecule has 6 nitrogen and oxygen atoms in total. The van der Waals surface area contributed by atoms with Crippen molar-refractivity contribution < 1.29 is 19.1 Å². The number of nitrogens with one attached hydrogen (secondary N) is 1. The highest BCUT2D eigenvalue weighted by atomic mass is 32.2. The van der Waals surface area contributed by atoms with Gasteiger partial charge in [0, 0.05) is 38.6 Å². The largest absolute Gasteiger partial charge is 0.385 e. The van der Waals surface area contributed by atoms with E-state index in [1.54, 1.807) is 18.9 Å². The van der Waals surface area contributed by atoms with Crippen LogP contribution in [0.1, 0.15) is 33.1 Å². The lowest BCUT2D eigenvalue weighted by molar-refractivity contribution is -0.127. The summed E-state index contributed by atoms with van der Waals surface area (Å²) in [5.74, 6) is -0.0572. The van der Waals surface area contributed by atoms with Crippen molar-refractivity contribution in [3.05, 3.63) is 0 Å². The lowest BCUT2D eigenvalue weighted by atomic mass is 10.1. The van der Waals surface area contributed by atoms with Gasteiger partial charge in [0.15, 0.2) is 0 Å². The minimum atomic E-state index is -0.617. The summed E-state index contributed by atoms with van der Waals surface area (Å²) in [5, 5.41) is 2.60. The molecule has 20 heavy (non-hydrogen) atoms. The Hall–Kier alpha value is -1.08. The van der Waals surface area contributed by atoms with E-state index in [1.807, 2.05) is 0 Å². The first-order valence-corrected chi connectivity index (χ1v) is 7.72. The zero-order valence-corrected chi connectivity index (χ0v) is 13.0. The Bertz CT molecular complexity index is 375. The number of thioether (sulfide) groups is 1. The molecule has 0 aliphatic carbocycles. The second-order valence-electron chi connectivity index (χ2n) is 4.86. The molecule has 1 aliphatic rings. The van der Waals surface area contributed by atoms with Crippen LogP contribution in [0.2, 0.25) is 0 Å². The topological polar surface area (TPSA) is 75.7 Å². The van der Waals surface area contributed by atoms with Gasteiger partial charge in [0.2, 0.25) is 11.8 Å². The van der Waals surface area contributed by atoms with E-state index in [0.717, 1.165) is 31.6 Å². The highest BCUT2D eigenvalue weighted by molar-refractivity contribution is 8.00. The van der Waals surface area contributed by atoms with Gasteiger partial charge in [-0.3, -0.25) is 19.8 Å². The predicted molar refractivity (Wildman–Crippen MR) is 77.5 cm³/mol. The van der Waals surface area contributed by atoms with E-state index in [2.05, 4.69) is 5.32 Å². The van der Waals surface area contributed by atoms with Crippen LogP contribution in [0.25, 0.3) is 0 Å². The molecule has 0 spiro atoms. The highest BCUT2D eigenvalue weighted by Gasteiger charge is 2.34. The number of methoxy groups -OCH3 is 1. The number of carbonyl (C=O) groups excluding carboxylic acids is 3. The number of imide groups is 2. The van der Waals surface area contributed by atoms with Crippen molar-refractivity contribution in [1.82, 2.24) is 10.2 Å². The average Bonchev–Trinajstić information content (AvgIpc) is 2.76. The molecule has 1 N–H and O–H groups in total. The monoisotopic (exact) mass is 302 g/mol. The first kappa shape index (κ1) is 17.0. The van der Waals surface area contributed by atoms with Crippen LogP contribution in [0, 0.1) is 0 Å². The Morgan fingerprint density at radius 3 is 2.60 bits per heavy atom. The molecule has 0 aromatic carbocycles. The molecule has 0 unspecified atom stereocenters. The Balaban J connectivity index is 2.55. The number of carbonyl (C=O) groups is 3. The van der Waals surface area contributed by atoms with Crippen molar-refractivity contribution in [2.75, 3.05) is 19.5 Å². The van der Waals surface area contributed by atoms with Crippen LogP contribution in [0.4, 0.5) is 4.79 Å². The molecule has 0 saturated carbocycles. The van der Waals surface area contributed by atoms with Gasteiger partial charge in [-0.15, -0.1) is 0 Å². The molecule has 114 valence electrons. The van der Waals surface area contributed by atoms with Crippen molar-refractivity contribution in [2.24, 2.45) is 0 Å². The van der Waals surface area contributed by atoms with E-state index >= 15 is 0 Å². The molecule has 4 amide bonds. The Morgan fingerprint density at radius 1 is 1.35 bits per heavy atom. The number of amides is 4. The quantitative estimate of drug-likeness (QED) is 0.777. The second-order valence-corrected chi connectivity index (χ2v) is 6.19. The summed E-state index contributed by atoms with van der Waals surface area (Å²) >= 11 is 1.77. The minimum Gasteiger partial charge on any atom is -0.385 e. The van der Waals surface area contributed by atoms with Gasteiger partial charge in [-0.2, -0.15) is 11.8 Å². The molecular formula is C13H22N2O4S. The summed E-state index contributed by atoms with van der Waals surface area (Å²) in [5.41, 5.74) is 0. The van der Waals surface area contributed by atoms with Crippen molar-refractivity contribution in [1.29, 1.82) is 0 Å². The fraction of sp³-hybridized carbons (Fsp3) is 0.769. The van der Waals surface area contributed by atoms with Gasteiger partial charge in [-0.25, -0.2) is 4.79 Å². The molecule has 1 saturated heterocycles. The normalized spacial score (nSPS) is 21.6. The number of hydrogen-bond donors (Lipinski definition) is 1.